The fourth-order valence-electron chi connectivity index (χ4n) is 1.21. The van der Waals surface area contributed by atoms with Crippen LogP contribution in [0.3, 0.4) is 0 Å². The van der Waals surface area contributed by atoms with Crippen molar-refractivity contribution in [3.63, 3.8) is 0 Å². The molecule has 0 saturated carbocycles. The van der Waals surface area contributed by atoms with E-state index in [0.717, 1.165) is 4.47 Å². The van der Waals surface area contributed by atoms with Crippen molar-refractivity contribution >= 4 is 21.9 Å². The maximum atomic E-state index is 11.5. The fraction of sp³-hybridized carbons (Fsp3) is 0.0909. The minimum Gasteiger partial charge on any atom is -0.424 e. The van der Waals surface area contributed by atoms with Crippen LogP contribution < -0.4 is 4.74 Å². The second-order valence-electron chi connectivity index (χ2n) is 3.14. The molecule has 2 aromatic rings. The Morgan fingerprint density at radius 1 is 1.44 bits per heavy atom. The van der Waals surface area contributed by atoms with Crippen molar-refractivity contribution in [1.29, 1.82) is 0 Å². The highest BCUT2D eigenvalue weighted by atomic mass is 79.9. The highest BCUT2D eigenvalue weighted by Gasteiger charge is 2.07. The number of carbonyl (C=O) groups is 1. The molecule has 0 aliphatic rings. The fourth-order valence-corrected chi connectivity index (χ4v) is 1.58. The van der Waals surface area contributed by atoms with E-state index in [9.17, 15) is 4.79 Å². The Kier molecular flexibility index (Phi) is 3.36. The van der Waals surface area contributed by atoms with Crippen molar-refractivity contribution in [2.45, 2.75) is 6.54 Å². The molecule has 0 amide bonds. The molecule has 1 aromatic carbocycles. The number of imidazole rings is 1. The van der Waals surface area contributed by atoms with Crippen LogP contribution in [0.2, 0.25) is 0 Å². The summed E-state index contributed by atoms with van der Waals surface area (Å²) in [7, 11) is 0. The van der Waals surface area contributed by atoms with Gasteiger partial charge in [0, 0.05) is 12.4 Å². The van der Waals surface area contributed by atoms with Crippen molar-refractivity contribution in [1.82, 2.24) is 9.55 Å². The Morgan fingerprint density at radius 3 is 2.94 bits per heavy atom. The van der Waals surface area contributed by atoms with E-state index in [1.165, 1.54) is 0 Å². The van der Waals surface area contributed by atoms with Crippen LogP contribution in [0.1, 0.15) is 0 Å². The van der Waals surface area contributed by atoms with Crippen LogP contribution in [0, 0.1) is 0 Å². The number of rotatable bonds is 3. The molecule has 0 saturated heterocycles. The van der Waals surface area contributed by atoms with Gasteiger partial charge in [0.15, 0.2) is 0 Å². The average molecular weight is 281 g/mol. The summed E-state index contributed by atoms with van der Waals surface area (Å²) in [4.78, 5) is 15.4. The van der Waals surface area contributed by atoms with Crippen LogP contribution in [-0.4, -0.2) is 15.5 Å². The molecule has 5 heteroatoms. The molecule has 0 unspecified atom stereocenters. The maximum Gasteiger partial charge on any atom is 0.331 e. The molecule has 0 aliphatic carbocycles. The second kappa shape index (κ2) is 4.94. The lowest BCUT2D eigenvalue weighted by Gasteiger charge is -2.06. The molecule has 1 aromatic heterocycles. The van der Waals surface area contributed by atoms with Gasteiger partial charge in [-0.15, -0.1) is 0 Å². The summed E-state index contributed by atoms with van der Waals surface area (Å²) in [6.45, 7) is 0.154. The molecule has 82 valence electrons. The first-order chi connectivity index (χ1) is 7.75. The van der Waals surface area contributed by atoms with E-state index in [1.807, 2.05) is 18.2 Å². The molecule has 0 bridgehead atoms. The normalized spacial score (nSPS) is 10.1. The first-order valence-electron chi connectivity index (χ1n) is 4.66. The lowest BCUT2D eigenvalue weighted by Crippen LogP contribution is -2.15. The van der Waals surface area contributed by atoms with Crippen LogP contribution in [0.15, 0.2) is 47.5 Å². The van der Waals surface area contributed by atoms with Gasteiger partial charge in [0.2, 0.25) is 0 Å². The van der Waals surface area contributed by atoms with Crippen molar-refractivity contribution in [2.75, 3.05) is 0 Å². The van der Waals surface area contributed by atoms with E-state index in [1.54, 1.807) is 29.4 Å². The minimum atomic E-state index is -0.329. The van der Waals surface area contributed by atoms with Gasteiger partial charge in [-0.25, -0.2) is 9.78 Å². The van der Waals surface area contributed by atoms with Crippen molar-refractivity contribution < 1.29 is 9.53 Å². The van der Waals surface area contributed by atoms with Crippen LogP contribution in [0.5, 0.6) is 5.75 Å². The molecule has 0 N–H and O–H groups in total. The largest absolute Gasteiger partial charge is 0.424 e. The number of benzene rings is 1. The molecule has 4 nitrogen and oxygen atoms in total. The number of para-hydroxylation sites is 1. The molecule has 0 radical (unpaired) electrons. The predicted octanol–water partition coefficient (Wildman–Crippen LogP) is 2.25. The van der Waals surface area contributed by atoms with Gasteiger partial charge in [-0.2, -0.15) is 0 Å². The summed E-state index contributed by atoms with van der Waals surface area (Å²) in [6, 6.07) is 7.22. The van der Waals surface area contributed by atoms with Crippen LogP contribution >= 0.6 is 15.9 Å². The summed E-state index contributed by atoms with van der Waals surface area (Å²) in [6.07, 6.45) is 4.90. The molecule has 0 fully saturated rings. The number of carbonyl (C=O) groups excluding carboxylic acids is 1. The zero-order valence-electron chi connectivity index (χ0n) is 8.34. The molecule has 2 rings (SSSR count). The van der Waals surface area contributed by atoms with Crippen molar-refractivity contribution in [2.24, 2.45) is 0 Å². The van der Waals surface area contributed by atoms with Gasteiger partial charge >= 0.3 is 5.97 Å². The average Bonchev–Trinajstić information content (AvgIpc) is 2.74. The minimum absolute atomic E-state index is 0.154. The molecule has 0 spiro atoms. The third kappa shape index (κ3) is 2.70. The Morgan fingerprint density at radius 2 is 2.25 bits per heavy atom. The highest BCUT2D eigenvalue weighted by molar-refractivity contribution is 9.10. The SMILES string of the molecule is O=C(Cn1ccnc1)Oc1ccccc1Br. The van der Waals surface area contributed by atoms with Crippen LogP contribution in [-0.2, 0) is 11.3 Å². The molecule has 16 heavy (non-hydrogen) atoms. The summed E-state index contributed by atoms with van der Waals surface area (Å²) >= 11 is 3.31. The Bertz CT molecular complexity index is 482. The van der Waals surface area contributed by atoms with E-state index < -0.39 is 0 Å². The summed E-state index contributed by atoms with van der Waals surface area (Å²) in [5, 5.41) is 0. The molecular weight excluding hydrogens is 272 g/mol. The van der Waals surface area contributed by atoms with Gasteiger partial charge in [0.25, 0.3) is 0 Å². The van der Waals surface area contributed by atoms with Gasteiger partial charge in [-0.1, -0.05) is 12.1 Å². The van der Waals surface area contributed by atoms with Gasteiger partial charge in [-0.3, -0.25) is 0 Å². The summed E-state index contributed by atoms with van der Waals surface area (Å²) in [5.41, 5.74) is 0. The number of ether oxygens (including phenoxy) is 1. The topological polar surface area (TPSA) is 44.1 Å². The lowest BCUT2D eigenvalue weighted by atomic mass is 10.3. The van der Waals surface area contributed by atoms with E-state index >= 15 is 0 Å². The maximum absolute atomic E-state index is 11.5. The Balaban J connectivity index is 2.00. The Hall–Kier alpha value is -1.62. The van der Waals surface area contributed by atoms with Gasteiger partial charge < -0.3 is 9.30 Å². The quantitative estimate of drug-likeness (QED) is 0.640. The number of hydrogen-bond acceptors (Lipinski definition) is 3. The Labute approximate surface area is 101 Å². The van der Waals surface area contributed by atoms with Crippen LogP contribution in [0.25, 0.3) is 0 Å². The first kappa shape index (κ1) is 10.9. The summed E-state index contributed by atoms with van der Waals surface area (Å²) < 4.78 is 7.59. The zero-order chi connectivity index (χ0) is 11.4. The predicted molar refractivity (Wildman–Crippen MR) is 62.0 cm³/mol. The number of nitrogens with zero attached hydrogens (tertiary/aromatic N) is 2. The van der Waals surface area contributed by atoms with Gasteiger partial charge in [0.05, 0.1) is 10.8 Å². The molecule has 0 aliphatic heterocycles. The van der Waals surface area contributed by atoms with Crippen molar-refractivity contribution in [3.8, 4) is 5.75 Å². The van der Waals surface area contributed by atoms with Gasteiger partial charge in [0.1, 0.15) is 12.3 Å². The van der Waals surface area contributed by atoms with Crippen LogP contribution in [0.4, 0.5) is 0 Å². The van der Waals surface area contributed by atoms with E-state index in [-0.39, 0.29) is 12.5 Å². The van der Waals surface area contributed by atoms with E-state index in [0.29, 0.717) is 5.75 Å². The number of aromatic nitrogens is 2. The molecule has 0 atom stereocenters. The highest BCUT2D eigenvalue weighted by Crippen LogP contribution is 2.23. The second-order valence-corrected chi connectivity index (χ2v) is 3.99. The standard InChI is InChI=1S/C11H9BrN2O2/c12-9-3-1-2-4-10(9)16-11(15)7-14-6-5-13-8-14/h1-6,8H,7H2. The molecular formula is C11H9BrN2O2. The lowest BCUT2D eigenvalue weighted by molar-refractivity contribution is -0.135. The van der Waals surface area contributed by atoms with E-state index in [2.05, 4.69) is 20.9 Å². The first-order valence-corrected chi connectivity index (χ1v) is 5.46. The third-order valence-electron chi connectivity index (χ3n) is 1.93. The smallest absolute Gasteiger partial charge is 0.331 e. The third-order valence-corrected chi connectivity index (χ3v) is 2.59. The van der Waals surface area contributed by atoms with E-state index in [4.69, 9.17) is 4.74 Å². The molecule has 1 heterocycles. The zero-order valence-corrected chi connectivity index (χ0v) is 9.92. The number of halogens is 1. The van der Waals surface area contributed by atoms with Crippen molar-refractivity contribution in [3.05, 3.63) is 47.5 Å². The summed E-state index contributed by atoms with van der Waals surface area (Å²) in [5.74, 6) is 0.192. The monoisotopic (exact) mass is 280 g/mol. The number of esters is 1. The number of hydrogen-bond donors (Lipinski definition) is 0. The van der Waals surface area contributed by atoms with Gasteiger partial charge in [-0.05, 0) is 28.1 Å².